The SMILES string of the molecule is C=CC1=C(C(=O)O)N2C(=O)[C@@H](NC(=O)/C(=N\O)c3csc(N)n3)[C@H]2SC1.O.O.[K]. The van der Waals surface area contributed by atoms with Gasteiger partial charge in [0, 0.05) is 62.5 Å². The number of aromatic nitrogens is 1. The second-order valence-corrected chi connectivity index (χ2v) is 7.26. The van der Waals surface area contributed by atoms with Crippen molar-refractivity contribution in [2.45, 2.75) is 11.4 Å². The zero-order chi connectivity index (χ0) is 19.0. The number of nitrogen functional groups attached to an aromatic ring is 1. The monoisotopic (exact) mass is 470 g/mol. The number of thioether (sulfide) groups is 1. The number of carbonyl (C=O) groups is 3. The summed E-state index contributed by atoms with van der Waals surface area (Å²) in [4.78, 5) is 41.2. The standard InChI is InChI=1S/C14H13N5O5S2.K.2H2O/c1-2-5-3-25-12-8(11(21)19(12)9(5)13(22)23)17-10(20)7(18-24)6-4-26-14(15)16-6;;;/h2,4,8,12,24H,1,3H2,(H2,15,16)(H,17,20)(H,22,23);;2*1H2/b18-7-;;;/t8-,12-;;;/m1.../s1. The Bertz CT molecular complexity index is 887. The summed E-state index contributed by atoms with van der Waals surface area (Å²) in [5, 5.41) is 24.9. The van der Waals surface area contributed by atoms with E-state index in [1.807, 2.05) is 0 Å². The molecule has 3 rings (SSSR count). The molecule has 0 aliphatic carbocycles. The number of nitrogens with one attached hydrogen (secondary N) is 1. The number of carboxylic acids is 1. The molecule has 1 fully saturated rings. The second kappa shape index (κ2) is 11.2. The molecule has 2 aliphatic heterocycles. The van der Waals surface area contributed by atoms with Gasteiger partial charge < -0.3 is 32.3 Å². The number of allylic oxidation sites excluding steroid dienone is 1. The van der Waals surface area contributed by atoms with E-state index in [2.05, 4.69) is 22.0 Å². The van der Waals surface area contributed by atoms with Crippen LogP contribution in [0.2, 0.25) is 0 Å². The first-order chi connectivity index (χ1) is 12.4. The smallest absolute Gasteiger partial charge is 0.352 e. The molecule has 12 nitrogen and oxygen atoms in total. The molecule has 3 heterocycles. The van der Waals surface area contributed by atoms with E-state index in [0.29, 0.717) is 11.3 Å². The Hall–Kier alpha value is -1.30. The van der Waals surface area contributed by atoms with Crippen LogP contribution >= 0.6 is 23.1 Å². The van der Waals surface area contributed by atoms with Crippen LogP contribution < -0.4 is 11.1 Å². The Kier molecular flexibility index (Phi) is 10.7. The predicted octanol–water partition coefficient (Wildman–Crippen LogP) is -2.20. The van der Waals surface area contributed by atoms with Crippen LogP contribution in [0.15, 0.2) is 34.5 Å². The van der Waals surface area contributed by atoms with Crippen molar-refractivity contribution in [3.63, 3.8) is 0 Å². The van der Waals surface area contributed by atoms with Crippen molar-refractivity contribution >= 4 is 103 Å². The number of oxime groups is 1. The van der Waals surface area contributed by atoms with Gasteiger partial charge in [-0.15, -0.1) is 23.1 Å². The normalized spacial score (nSPS) is 20.2. The first kappa shape index (κ1) is 27.7. The number of carboxylic acid groups (broad SMARTS) is 1. The Morgan fingerprint density at radius 1 is 1.45 bits per heavy atom. The number of aliphatic carboxylic acids is 1. The maximum Gasteiger partial charge on any atom is 0.352 e. The number of nitrogens with zero attached hydrogens (tertiary/aromatic N) is 3. The topological polar surface area (TPSA) is 221 Å². The predicted molar refractivity (Wildman–Crippen MR) is 108 cm³/mol. The maximum absolute atomic E-state index is 12.4. The van der Waals surface area contributed by atoms with E-state index in [1.165, 1.54) is 23.2 Å². The third-order valence-corrected chi connectivity index (χ3v) is 5.79. The van der Waals surface area contributed by atoms with Gasteiger partial charge in [0.15, 0.2) is 10.8 Å². The quantitative estimate of drug-likeness (QED) is 0.121. The van der Waals surface area contributed by atoms with Gasteiger partial charge >= 0.3 is 5.97 Å². The number of β-lactam (4-membered cyclic amide) rings is 1. The van der Waals surface area contributed by atoms with Crippen LogP contribution in [0.3, 0.4) is 0 Å². The number of thiazole rings is 1. The third-order valence-electron chi connectivity index (χ3n) is 3.81. The fraction of sp³-hybridized carbons (Fsp3) is 0.214. The Morgan fingerprint density at radius 2 is 2.10 bits per heavy atom. The molecule has 0 unspecified atom stereocenters. The summed E-state index contributed by atoms with van der Waals surface area (Å²) in [6.07, 6.45) is 1.40. The summed E-state index contributed by atoms with van der Waals surface area (Å²) in [6, 6.07) is -0.944. The van der Waals surface area contributed by atoms with Crippen LogP contribution in [0.1, 0.15) is 5.69 Å². The summed E-state index contributed by atoms with van der Waals surface area (Å²) >= 11 is 2.37. The van der Waals surface area contributed by atoms with Gasteiger partial charge in [0.1, 0.15) is 22.8 Å². The molecule has 1 saturated heterocycles. The molecular formula is C14H17KN5O7S2. The van der Waals surface area contributed by atoms with E-state index in [4.69, 9.17) is 10.9 Å². The molecule has 2 amide bonds. The molecule has 0 bridgehead atoms. The molecule has 0 aromatic carbocycles. The Balaban J connectivity index is 0.00000261. The minimum absolute atomic E-state index is 0. The largest absolute Gasteiger partial charge is 0.477 e. The number of hydrogen-bond donors (Lipinski definition) is 4. The van der Waals surface area contributed by atoms with Crippen LogP contribution in [0.25, 0.3) is 0 Å². The number of hydrogen-bond acceptors (Lipinski definition) is 9. The first-order valence-corrected chi connectivity index (χ1v) is 9.09. The number of nitrogens with two attached hydrogens (primary N) is 1. The van der Waals surface area contributed by atoms with Crippen LogP contribution in [-0.2, 0) is 14.4 Å². The van der Waals surface area contributed by atoms with Gasteiger partial charge in [0.25, 0.3) is 11.8 Å². The van der Waals surface area contributed by atoms with Crippen molar-refractivity contribution in [2.75, 3.05) is 11.5 Å². The Labute approximate surface area is 214 Å². The van der Waals surface area contributed by atoms with Gasteiger partial charge in [-0.3, -0.25) is 14.5 Å². The molecule has 2 atom stereocenters. The Morgan fingerprint density at radius 3 is 2.59 bits per heavy atom. The summed E-state index contributed by atoms with van der Waals surface area (Å²) in [7, 11) is 0. The van der Waals surface area contributed by atoms with Gasteiger partial charge in [-0.05, 0) is 5.57 Å². The van der Waals surface area contributed by atoms with E-state index < -0.39 is 29.2 Å². The minimum atomic E-state index is -1.24. The molecular weight excluding hydrogens is 453 g/mol. The van der Waals surface area contributed by atoms with Gasteiger partial charge in [-0.25, -0.2) is 9.78 Å². The van der Waals surface area contributed by atoms with Crippen LogP contribution in [0.4, 0.5) is 5.13 Å². The summed E-state index contributed by atoms with van der Waals surface area (Å²) in [6.45, 7) is 3.56. The zero-order valence-corrected chi connectivity index (χ0v) is 19.8. The van der Waals surface area contributed by atoms with E-state index in [9.17, 15) is 19.5 Å². The fourth-order valence-corrected chi connectivity index (χ4v) is 4.51. The number of fused-ring (bicyclic) bond motifs is 1. The fourth-order valence-electron chi connectivity index (χ4n) is 2.62. The molecule has 1 aromatic rings. The molecule has 0 spiro atoms. The molecule has 2 aliphatic rings. The van der Waals surface area contributed by atoms with Crippen molar-refractivity contribution in [2.24, 2.45) is 5.16 Å². The molecule has 153 valence electrons. The van der Waals surface area contributed by atoms with E-state index in [-0.39, 0.29) is 84.6 Å². The van der Waals surface area contributed by atoms with Crippen LogP contribution in [0, 0.1) is 0 Å². The van der Waals surface area contributed by atoms with Crippen molar-refractivity contribution < 1.29 is 35.6 Å². The van der Waals surface area contributed by atoms with Crippen molar-refractivity contribution in [3.8, 4) is 0 Å². The third kappa shape index (κ3) is 5.07. The minimum Gasteiger partial charge on any atom is -0.477 e. The van der Waals surface area contributed by atoms with Gasteiger partial charge in [0.2, 0.25) is 0 Å². The molecule has 1 radical (unpaired) electrons. The number of rotatable bonds is 5. The average molecular weight is 471 g/mol. The van der Waals surface area contributed by atoms with Crippen molar-refractivity contribution in [3.05, 3.63) is 35.0 Å². The summed E-state index contributed by atoms with van der Waals surface area (Å²) in [5.74, 6) is -2.27. The van der Waals surface area contributed by atoms with Gasteiger partial charge in [-0.1, -0.05) is 17.8 Å². The molecule has 15 heteroatoms. The average Bonchev–Trinajstić information content (AvgIpc) is 3.04. The number of amides is 2. The van der Waals surface area contributed by atoms with E-state index >= 15 is 0 Å². The molecule has 1 aromatic heterocycles. The molecule has 9 N–H and O–H groups in total. The summed E-state index contributed by atoms with van der Waals surface area (Å²) < 4.78 is 0. The van der Waals surface area contributed by atoms with Gasteiger partial charge in [-0.2, -0.15) is 0 Å². The van der Waals surface area contributed by atoms with Crippen LogP contribution in [0.5, 0.6) is 0 Å². The van der Waals surface area contributed by atoms with E-state index in [1.54, 1.807) is 0 Å². The van der Waals surface area contributed by atoms with Crippen molar-refractivity contribution in [1.82, 2.24) is 15.2 Å². The van der Waals surface area contributed by atoms with Crippen molar-refractivity contribution in [1.29, 1.82) is 0 Å². The van der Waals surface area contributed by atoms with E-state index in [0.717, 1.165) is 16.2 Å². The molecule has 29 heavy (non-hydrogen) atoms. The number of anilines is 1. The second-order valence-electron chi connectivity index (χ2n) is 5.26. The summed E-state index contributed by atoms with van der Waals surface area (Å²) in [5.41, 5.74) is 5.49. The van der Waals surface area contributed by atoms with Gasteiger partial charge in [0.05, 0.1) is 0 Å². The zero-order valence-electron chi connectivity index (χ0n) is 15.1. The first-order valence-electron chi connectivity index (χ1n) is 7.16. The molecule has 0 saturated carbocycles. The number of carbonyl (C=O) groups excluding carboxylic acids is 2. The van der Waals surface area contributed by atoms with Crippen LogP contribution in [-0.4, -0.2) is 123 Å². The maximum atomic E-state index is 12.4.